The van der Waals surface area contributed by atoms with E-state index in [1.54, 1.807) is 0 Å². The molecule has 2 heteroatoms. The van der Waals surface area contributed by atoms with E-state index in [0.717, 1.165) is 18.7 Å². The second-order valence-corrected chi connectivity index (χ2v) is 5.43. The number of ether oxygens (including phenoxy) is 1. The Hall–Kier alpha value is -1.54. The van der Waals surface area contributed by atoms with Crippen LogP contribution in [-0.4, -0.2) is 17.2 Å². The van der Waals surface area contributed by atoms with Crippen LogP contribution in [0, 0.1) is 0 Å². The third kappa shape index (κ3) is 1.39. The number of fused-ring (bicyclic) bond motifs is 4. The average Bonchev–Trinajstić information content (AvgIpc) is 2.78. The summed E-state index contributed by atoms with van der Waals surface area (Å²) >= 11 is 0. The zero-order valence-electron chi connectivity index (χ0n) is 10.6. The van der Waals surface area contributed by atoms with Gasteiger partial charge in [-0.3, -0.25) is 4.90 Å². The van der Waals surface area contributed by atoms with Crippen LogP contribution in [0.1, 0.15) is 25.3 Å². The van der Waals surface area contributed by atoms with Crippen molar-refractivity contribution in [2.45, 2.75) is 38.6 Å². The minimum Gasteiger partial charge on any atom is -0.475 e. The molecule has 0 radical (unpaired) electrons. The maximum absolute atomic E-state index is 6.16. The quantitative estimate of drug-likeness (QED) is 0.697. The molecule has 0 aromatic heterocycles. The van der Waals surface area contributed by atoms with E-state index in [4.69, 9.17) is 4.74 Å². The molecule has 0 spiro atoms. The Labute approximate surface area is 107 Å². The van der Waals surface area contributed by atoms with Crippen molar-refractivity contribution in [3.63, 3.8) is 0 Å². The molecule has 2 heterocycles. The highest BCUT2D eigenvalue weighted by Gasteiger charge is 2.36. The molecule has 2 unspecified atom stereocenters. The van der Waals surface area contributed by atoms with Gasteiger partial charge in [-0.25, -0.2) is 0 Å². The first-order valence-corrected chi connectivity index (χ1v) is 6.76. The van der Waals surface area contributed by atoms with Crippen LogP contribution in [-0.2, 0) is 6.54 Å². The van der Waals surface area contributed by atoms with Crippen LogP contribution in [0.3, 0.4) is 0 Å². The SMILES string of the molecule is CC1CCC2Oc3ccc4ccccc4c3CN12. The number of benzene rings is 2. The van der Waals surface area contributed by atoms with Gasteiger partial charge in [0.05, 0.1) is 0 Å². The van der Waals surface area contributed by atoms with Gasteiger partial charge < -0.3 is 4.74 Å². The van der Waals surface area contributed by atoms with Gasteiger partial charge in [0.25, 0.3) is 0 Å². The molecular formula is C16H17NO. The summed E-state index contributed by atoms with van der Waals surface area (Å²) in [5.41, 5.74) is 1.36. The molecule has 0 bridgehead atoms. The molecule has 92 valence electrons. The predicted molar refractivity (Wildman–Crippen MR) is 72.6 cm³/mol. The highest BCUT2D eigenvalue weighted by Crippen LogP contribution is 2.38. The lowest BCUT2D eigenvalue weighted by molar-refractivity contribution is 0.0161. The maximum Gasteiger partial charge on any atom is 0.153 e. The van der Waals surface area contributed by atoms with Gasteiger partial charge >= 0.3 is 0 Å². The van der Waals surface area contributed by atoms with Crippen molar-refractivity contribution >= 4 is 10.8 Å². The summed E-state index contributed by atoms with van der Waals surface area (Å²) in [5, 5.41) is 2.65. The van der Waals surface area contributed by atoms with Gasteiger partial charge in [0, 0.05) is 18.2 Å². The van der Waals surface area contributed by atoms with Crippen LogP contribution >= 0.6 is 0 Å². The van der Waals surface area contributed by atoms with Crippen LogP contribution in [0.2, 0.25) is 0 Å². The van der Waals surface area contributed by atoms with Crippen LogP contribution < -0.4 is 4.74 Å². The Morgan fingerprint density at radius 2 is 2.00 bits per heavy atom. The molecule has 2 nitrogen and oxygen atoms in total. The van der Waals surface area contributed by atoms with E-state index in [1.165, 1.54) is 22.8 Å². The second-order valence-electron chi connectivity index (χ2n) is 5.43. The fraction of sp³-hybridized carbons (Fsp3) is 0.375. The second kappa shape index (κ2) is 3.72. The summed E-state index contributed by atoms with van der Waals surface area (Å²) in [4.78, 5) is 2.49. The molecule has 2 aliphatic rings. The Bertz CT molecular complexity index is 607. The first-order valence-electron chi connectivity index (χ1n) is 6.76. The smallest absolute Gasteiger partial charge is 0.153 e. The number of hydrogen-bond acceptors (Lipinski definition) is 2. The van der Waals surface area contributed by atoms with E-state index in [9.17, 15) is 0 Å². The van der Waals surface area contributed by atoms with Crippen LogP contribution in [0.5, 0.6) is 5.75 Å². The van der Waals surface area contributed by atoms with Crippen molar-refractivity contribution in [1.82, 2.24) is 4.90 Å². The number of nitrogens with zero attached hydrogens (tertiary/aromatic N) is 1. The minimum atomic E-state index is 0.300. The molecule has 1 fully saturated rings. The van der Waals surface area contributed by atoms with E-state index in [2.05, 4.69) is 48.2 Å². The van der Waals surface area contributed by atoms with Gasteiger partial charge in [-0.15, -0.1) is 0 Å². The molecule has 1 saturated heterocycles. The van der Waals surface area contributed by atoms with Crippen molar-refractivity contribution in [3.05, 3.63) is 42.0 Å². The molecule has 0 aliphatic carbocycles. The predicted octanol–water partition coefficient (Wildman–Crippen LogP) is 3.54. The van der Waals surface area contributed by atoms with Crippen LogP contribution in [0.4, 0.5) is 0 Å². The Balaban J connectivity index is 1.88. The van der Waals surface area contributed by atoms with Crippen molar-refractivity contribution in [2.24, 2.45) is 0 Å². The highest BCUT2D eigenvalue weighted by atomic mass is 16.5. The van der Waals surface area contributed by atoms with Gasteiger partial charge in [0.2, 0.25) is 0 Å². The third-order valence-corrected chi connectivity index (χ3v) is 4.37. The Kier molecular flexibility index (Phi) is 2.15. The zero-order valence-corrected chi connectivity index (χ0v) is 10.6. The summed E-state index contributed by atoms with van der Waals surface area (Å²) in [6, 6.07) is 13.5. The Morgan fingerprint density at radius 3 is 2.94 bits per heavy atom. The van der Waals surface area contributed by atoms with Gasteiger partial charge in [-0.2, -0.15) is 0 Å². The molecule has 2 atom stereocenters. The van der Waals surface area contributed by atoms with Crippen LogP contribution in [0.15, 0.2) is 36.4 Å². The highest BCUT2D eigenvalue weighted by molar-refractivity contribution is 5.87. The number of hydrogen-bond donors (Lipinski definition) is 0. The van der Waals surface area contributed by atoms with Gasteiger partial charge in [0.15, 0.2) is 6.23 Å². The molecule has 4 rings (SSSR count). The minimum absolute atomic E-state index is 0.300. The first kappa shape index (κ1) is 10.4. The normalized spacial score (nSPS) is 26.7. The van der Waals surface area contributed by atoms with Gasteiger partial charge in [-0.05, 0) is 36.6 Å². The van der Waals surface area contributed by atoms with E-state index < -0.39 is 0 Å². The van der Waals surface area contributed by atoms with E-state index in [0.29, 0.717) is 12.3 Å². The van der Waals surface area contributed by atoms with E-state index in [-0.39, 0.29) is 0 Å². The van der Waals surface area contributed by atoms with E-state index in [1.807, 2.05) is 0 Å². The fourth-order valence-electron chi connectivity index (χ4n) is 3.30. The lowest BCUT2D eigenvalue weighted by Gasteiger charge is -2.35. The summed E-state index contributed by atoms with van der Waals surface area (Å²) in [7, 11) is 0. The lowest BCUT2D eigenvalue weighted by atomic mass is 10.0. The Morgan fingerprint density at radius 1 is 1.11 bits per heavy atom. The molecular weight excluding hydrogens is 222 g/mol. The summed E-state index contributed by atoms with van der Waals surface area (Å²) in [5.74, 6) is 1.09. The average molecular weight is 239 g/mol. The molecule has 0 saturated carbocycles. The summed E-state index contributed by atoms with van der Waals surface area (Å²) in [6.45, 7) is 3.34. The zero-order chi connectivity index (χ0) is 12.1. The molecule has 2 aliphatic heterocycles. The monoisotopic (exact) mass is 239 g/mol. The molecule has 18 heavy (non-hydrogen) atoms. The molecule has 2 aromatic carbocycles. The summed E-state index contributed by atoms with van der Waals surface area (Å²) < 4.78 is 6.16. The van der Waals surface area contributed by atoms with E-state index >= 15 is 0 Å². The number of rotatable bonds is 0. The van der Waals surface area contributed by atoms with Crippen LogP contribution in [0.25, 0.3) is 10.8 Å². The standard InChI is InChI=1S/C16H17NO/c1-11-6-9-16-17(11)10-14-13-5-3-2-4-12(13)7-8-15(14)18-16/h2-5,7-8,11,16H,6,9-10H2,1H3. The van der Waals surface area contributed by atoms with Crippen molar-refractivity contribution < 1.29 is 4.74 Å². The van der Waals surface area contributed by atoms with Gasteiger partial charge in [0.1, 0.15) is 5.75 Å². The van der Waals surface area contributed by atoms with Gasteiger partial charge in [-0.1, -0.05) is 30.3 Å². The first-order chi connectivity index (χ1) is 8.83. The third-order valence-electron chi connectivity index (χ3n) is 4.37. The largest absolute Gasteiger partial charge is 0.475 e. The molecule has 0 amide bonds. The van der Waals surface area contributed by atoms with Crippen molar-refractivity contribution in [2.75, 3.05) is 0 Å². The fourth-order valence-corrected chi connectivity index (χ4v) is 3.30. The topological polar surface area (TPSA) is 12.5 Å². The molecule has 0 N–H and O–H groups in total. The van der Waals surface area contributed by atoms with Crippen molar-refractivity contribution in [1.29, 1.82) is 0 Å². The maximum atomic E-state index is 6.16. The molecule has 2 aromatic rings. The van der Waals surface area contributed by atoms with Crippen molar-refractivity contribution in [3.8, 4) is 5.75 Å². The summed E-state index contributed by atoms with van der Waals surface area (Å²) in [6.07, 6.45) is 2.71. The lowest BCUT2D eigenvalue weighted by Crippen LogP contribution is -2.40.